The summed E-state index contributed by atoms with van der Waals surface area (Å²) in [5, 5.41) is 0.534. The summed E-state index contributed by atoms with van der Waals surface area (Å²) < 4.78 is 13.8. The molecule has 0 spiro atoms. The first-order valence-electron chi connectivity index (χ1n) is 10.6. The van der Waals surface area contributed by atoms with E-state index in [4.69, 9.17) is 9.47 Å². The van der Waals surface area contributed by atoms with Crippen LogP contribution in [0.3, 0.4) is 0 Å². The molecular formula is C24H29N3O5. The Balaban J connectivity index is 1.58. The molecule has 0 unspecified atom stereocenters. The first kappa shape index (κ1) is 23.4. The summed E-state index contributed by atoms with van der Waals surface area (Å²) >= 11 is 0. The van der Waals surface area contributed by atoms with E-state index in [1.165, 1.54) is 4.57 Å². The van der Waals surface area contributed by atoms with Gasteiger partial charge in [0.25, 0.3) is 5.56 Å². The van der Waals surface area contributed by atoms with E-state index >= 15 is 0 Å². The first-order valence-corrected chi connectivity index (χ1v) is 10.6. The highest BCUT2D eigenvalue weighted by molar-refractivity contribution is 5.99. The molecule has 0 bridgehead atoms. The minimum absolute atomic E-state index is 0.0297. The number of nitrogens with zero attached hydrogens (tertiary/aromatic N) is 3. The molecule has 0 amide bonds. The second-order valence-electron chi connectivity index (χ2n) is 7.78. The number of Topliss-reactive ketones (excluding diaryl/α,β-unsaturated/α-hetero) is 1. The third-order valence-electron chi connectivity index (χ3n) is 5.60. The summed E-state index contributed by atoms with van der Waals surface area (Å²) in [6.07, 6.45) is 1.13. The number of aryl methyl sites for hydroxylation is 2. The zero-order chi connectivity index (χ0) is 23.3. The smallest absolute Gasteiger partial charge is 0.306 e. The molecule has 2 heterocycles. The van der Waals surface area contributed by atoms with Gasteiger partial charge in [-0.25, -0.2) is 4.98 Å². The highest BCUT2D eigenvalue weighted by atomic mass is 16.5. The van der Waals surface area contributed by atoms with Crippen LogP contribution in [0.2, 0.25) is 0 Å². The van der Waals surface area contributed by atoms with Crippen molar-refractivity contribution in [2.24, 2.45) is 7.05 Å². The molecule has 3 rings (SSSR count). The molecule has 0 fully saturated rings. The van der Waals surface area contributed by atoms with E-state index in [-0.39, 0.29) is 30.8 Å². The van der Waals surface area contributed by atoms with E-state index in [0.717, 1.165) is 24.4 Å². The van der Waals surface area contributed by atoms with Crippen LogP contribution < -0.4 is 5.56 Å². The summed E-state index contributed by atoms with van der Waals surface area (Å²) in [6.45, 7) is 4.93. The van der Waals surface area contributed by atoms with Gasteiger partial charge in [0.05, 0.1) is 17.3 Å². The van der Waals surface area contributed by atoms with E-state index in [1.807, 2.05) is 26.0 Å². The molecular weight excluding hydrogens is 410 g/mol. The molecule has 32 heavy (non-hydrogen) atoms. The molecule has 0 aliphatic rings. The van der Waals surface area contributed by atoms with Gasteiger partial charge in [0, 0.05) is 50.7 Å². The Bertz CT molecular complexity index is 1190. The predicted molar refractivity (Wildman–Crippen MR) is 121 cm³/mol. The average molecular weight is 440 g/mol. The quantitative estimate of drug-likeness (QED) is 0.274. The number of esters is 1. The Morgan fingerprint density at radius 1 is 1.16 bits per heavy atom. The lowest BCUT2D eigenvalue weighted by molar-refractivity contribution is -0.142. The third-order valence-corrected chi connectivity index (χ3v) is 5.60. The van der Waals surface area contributed by atoms with Gasteiger partial charge < -0.3 is 14.0 Å². The summed E-state index contributed by atoms with van der Waals surface area (Å²) in [7, 11) is 3.29. The van der Waals surface area contributed by atoms with Gasteiger partial charge in [-0.3, -0.25) is 19.0 Å². The van der Waals surface area contributed by atoms with Crippen LogP contribution in [-0.4, -0.2) is 46.2 Å². The number of methoxy groups -OCH3 is 1. The van der Waals surface area contributed by atoms with Crippen LogP contribution in [0.1, 0.15) is 40.4 Å². The molecule has 0 aliphatic heterocycles. The summed E-state index contributed by atoms with van der Waals surface area (Å²) in [5.74, 6) is -0.244. The maximum atomic E-state index is 12.6. The molecule has 170 valence electrons. The van der Waals surface area contributed by atoms with E-state index in [9.17, 15) is 14.4 Å². The summed E-state index contributed by atoms with van der Waals surface area (Å²) in [5.41, 5.74) is 2.84. The van der Waals surface area contributed by atoms with Crippen molar-refractivity contribution in [2.45, 2.75) is 39.7 Å². The Morgan fingerprint density at radius 3 is 2.66 bits per heavy atom. The highest BCUT2D eigenvalue weighted by Gasteiger charge is 2.18. The number of hydrogen-bond acceptors (Lipinski definition) is 6. The molecule has 0 radical (unpaired) electrons. The lowest BCUT2D eigenvalue weighted by atomic mass is 10.1. The second-order valence-corrected chi connectivity index (χ2v) is 7.78. The van der Waals surface area contributed by atoms with Crippen LogP contribution in [0.15, 0.2) is 35.1 Å². The maximum Gasteiger partial charge on any atom is 0.306 e. The highest BCUT2D eigenvalue weighted by Crippen LogP contribution is 2.17. The van der Waals surface area contributed by atoms with Gasteiger partial charge in [-0.15, -0.1) is 0 Å². The first-order chi connectivity index (χ1) is 15.3. The SMILES string of the molecule is COCCCn1c(C)cc(C(=O)COC(=O)CCc2nc3ccccc3c(=O)n2C)c1C. The molecule has 3 aromatic rings. The number of fused-ring (bicyclic) bond motifs is 1. The Labute approximate surface area is 186 Å². The van der Waals surface area contributed by atoms with Gasteiger partial charge in [-0.05, 0) is 38.5 Å². The van der Waals surface area contributed by atoms with Gasteiger partial charge >= 0.3 is 5.97 Å². The number of hydrogen-bond donors (Lipinski definition) is 0. The fourth-order valence-electron chi connectivity index (χ4n) is 3.79. The lowest BCUT2D eigenvalue weighted by Gasteiger charge is -2.10. The largest absolute Gasteiger partial charge is 0.457 e. The topological polar surface area (TPSA) is 92.4 Å². The van der Waals surface area contributed by atoms with Gasteiger partial charge in [-0.2, -0.15) is 0 Å². The number of aromatic nitrogens is 3. The Hall–Kier alpha value is -3.26. The fraction of sp³-hybridized carbons (Fsp3) is 0.417. The molecule has 0 N–H and O–H groups in total. The Morgan fingerprint density at radius 2 is 1.91 bits per heavy atom. The Kier molecular flexibility index (Phi) is 7.58. The lowest BCUT2D eigenvalue weighted by Crippen LogP contribution is -2.23. The predicted octanol–water partition coefficient (Wildman–Crippen LogP) is 2.75. The number of para-hydroxylation sites is 1. The zero-order valence-electron chi connectivity index (χ0n) is 19.0. The molecule has 0 aliphatic carbocycles. The monoisotopic (exact) mass is 439 g/mol. The minimum Gasteiger partial charge on any atom is -0.457 e. The molecule has 2 aromatic heterocycles. The number of rotatable bonds is 10. The van der Waals surface area contributed by atoms with E-state index in [2.05, 4.69) is 9.55 Å². The maximum absolute atomic E-state index is 12.6. The van der Waals surface area contributed by atoms with Gasteiger partial charge in [0.1, 0.15) is 5.82 Å². The normalized spacial score (nSPS) is 11.1. The molecule has 8 nitrogen and oxygen atoms in total. The van der Waals surface area contributed by atoms with Crippen LogP contribution in [0.5, 0.6) is 0 Å². The van der Waals surface area contributed by atoms with E-state index in [1.54, 1.807) is 32.4 Å². The average Bonchev–Trinajstić information content (AvgIpc) is 3.07. The second kappa shape index (κ2) is 10.4. The van der Waals surface area contributed by atoms with Crippen molar-refractivity contribution >= 4 is 22.7 Å². The van der Waals surface area contributed by atoms with Crippen molar-refractivity contribution < 1.29 is 19.1 Å². The fourth-order valence-corrected chi connectivity index (χ4v) is 3.79. The molecule has 1 aromatic carbocycles. The van der Waals surface area contributed by atoms with Crippen LogP contribution in [0.25, 0.3) is 10.9 Å². The van der Waals surface area contributed by atoms with Gasteiger partial charge in [-0.1, -0.05) is 12.1 Å². The molecule has 0 saturated carbocycles. The van der Waals surface area contributed by atoms with Crippen molar-refractivity contribution in [3.8, 4) is 0 Å². The molecule has 0 saturated heterocycles. The van der Waals surface area contributed by atoms with Crippen LogP contribution >= 0.6 is 0 Å². The number of ketones is 1. The molecule has 0 atom stereocenters. The van der Waals surface area contributed by atoms with Crippen LogP contribution in [0.4, 0.5) is 0 Å². The number of carbonyl (C=O) groups is 2. The van der Waals surface area contributed by atoms with Crippen LogP contribution in [0, 0.1) is 13.8 Å². The van der Waals surface area contributed by atoms with E-state index in [0.29, 0.717) is 28.9 Å². The van der Waals surface area contributed by atoms with E-state index < -0.39 is 5.97 Å². The van der Waals surface area contributed by atoms with Gasteiger partial charge in [0.15, 0.2) is 6.61 Å². The summed E-state index contributed by atoms with van der Waals surface area (Å²) in [4.78, 5) is 41.8. The number of carbonyl (C=O) groups excluding carboxylic acids is 2. The van der Waals surface area contributed by atoms with Crippen molar-refractivity contribution in [1.29, 1.82) is 0 Å². The summed E-state index contributed by atoms with van der Waals surface area (Å²) in [6, 6.07) is 8.92. The van der Waals surface area contributed by atoms with Crippen LogP contribution in [-0.2, 0) is 34.3 Å². The standard InChI is InChI=1S/C24H29N3O5/c1-16-14-19(17(2)27(16)12-7-13-31-4)21(28)15-32-23(29)11-10-22-25-20-9-6-5-8-18(20)24(30)26(22)3/h5-6,8-9,14H,7,10-13,15H2,1-4H3. The van der Waals surface area contributed by atoms with Crippen molar-refractivity contribution in [3.05, 3.63) is 63.5 Å². The van der Waals surface area contributed by atoms with Crippen molar-refractivity contribution in [2.75, 3.05) is 20.3 Å². The third kappa shape index (κ3) is 5.13. The van der Waals surface area contributed by atoms with Crippen molar-refractivity contribution in [3.63, 3.8) is 0 Å². The van der Waals surface area contributed by atoms with Crippen molar-refractivity contribution in [1.82, 2.24) is 14.1 Å². The molecule has 8 heteroatoms. The minimum atomic E-state index is -0.505. The zero-order valence-corrected chi connectivity index (χ0v) is 19.0. The number of ether oxygens (including phenoxy) is 2. The van der Waals surface area contributed by atoms with Gasteiger partial charge in [0.2, 0.25) is 5.78 Å². The number of benzene rings is 1.